The van der Waals surface area contributed by atoms with Crippen molar-refractivity contribution in [3.05, 3.63) is 58.3 Å². The highest BCUT2D eigenvalue weighted by Gasteiger charge is 2.26. The second-order valence-electron chi connectivity index (χ2n) is 5.49. The van der Waals surface area contributed by atoms with Crippen LogP contribution in [-0.4, -0.2) is 35.8 Å². The fourth-order valence-corrected chi connectivity index (χ4v) is 3.46. The third-order valence-corrected chi connectivity index (χ3v) is 4.73. The van der Waals surface area contributed by atoms with Crippen LogP contribution in [-0.2, 0) is 11.3 Å². The molecule has 3 nitrogen and oxygen atoms in total. The second kappa shape index (κ2) is 7.18. The van der Waals surface area contributed by atoms with Crippen LogP contribution in [0.2, 0.25) is 0 Å². The Kier molecular flexibility index (Phi) is 5.04. The molecule has 2 unspecified atom stereocenters. The number of aliphatic hydroxyl groups excluding tert-OH is 1. The molecule has 3 rings (SSSR count). The lowest BCUT2D eigenvalue weighted by Gasteiger charge is -2.36. The minimum atomic E-state index is -0.428. The maximum Gasteiger partial charge on any atom is 0.0805 e. The first-order valence-electron chi connectivity index (χ1n) is 7.39. The average molecular weight is 303 g/mol. The maximum atomic E-state index is 10.4. The zero-order valence-electron chi connectivity index (χ0n) is 12.0. The fraction of sp³-hybridized carbons (Fsp3) is 0.412. The monoisotopic (exact) mass is 303 g/mol. The van der Waals surface area contributed by atoms with Gasteiger partial charge in [0.15, 0.2) is 0 Å². The molecular weight excluding hydrogens is 282 g/mol. The molecule has 4 heteroatoms. The number of thiophene rings is 1. The highest BCUT2D eigenvalue weighted by molar-refractivity contribution is 7.07. The van der Waals surface area contributed by atoms with Crippen molar-refractivity contribution in [3.63, 3.8) is 0 Å². The van der Waals surface area contributed by atoms with Crippen molar-refractivity contribution in [2.75, 3.05) is 19.8 Å². The molecule has 0 bridgehead atoms. The molecule has 1 fully saturated rings. The lowest BCUT2D eigenvalue weighted by atomic mass is 10.0. The minimum absolute atomic E-state index is 0.272. The summed E-state index contributed by atoms with van der Waals surface area (Å²) in [6.07, 6.45) is 0.289. The van der Waals surface area contributed by atoms with Crippen LogP contribution in [0.25, 0.3) is 0 Å². The maximum absolute atomic E-state index is 10.4. The van der Waals surface area contributed by atoms with Gasteiger partial charge in [-0.05, 0) is 34.4 Å². The van der Waals surface area contributed by atoms with Gasteiger partial charge in [-0.1, -0.05) is 30.3 Å². The van der Waals surface area contributed by atoms with E-state index in [0.29, 0.717) is 13.0 Å². The zero-order valence-corrected chi connectivity index (χ0v) is 12.8. The second-order valence-corrected chi connectivity index (χ2v) is 6.27. The van der Waals surface area contributed by atoms with Crippen molar-refractivity contribution >= 4 is 11.3 Å². The molecule has 2 aromatic rings. The molecule has 2 atom stereocenters. The van der Waals surface area contributed by atoms with Crippen LogP contribution in [0.1, 0.15) is 23.7 Å². The number of rotatable bonds is 5. The molecule has 1 saturated heterocycles. The molecule has 0 spiro atoms. The molecule has 1 aromatic heterocycles. The topological polar surface area (TPSA) is 32.7 Å². The van der Waals surface area contributed by atoms with Crippen LogP contribution in [0, 0.1) is 0 Å². The first-order chi connectivity index (χ1) is 10.3. The number of hydrogen-bond donors (Lipinski definition) is 1. The van der Waals surface area contributed by atoms with Crippen molar-refractivity contribution in [1.82, 2.24) is 4.90 Å². The first kappa shape index (κ1) is 14.7. The predicted octanol–water partition coefficient (Wildman–Crippen LogP) is 3.07. The third-order valence-electron chi connectivity index (χ3n) is 3.99. The SMILES string of the molecule is OC(CC1COCCN1Cc1ccsc1)c1ccccc1. The van der Waals surface area contributed by atoms with E-state index in [9.17, 15) is 5.11 Å². The lowest BCUT2D eigenvalue weighted by Crippen LogP contribution is -2.45. The van der Waals surface area contributed by atoms with Crippen LogP contribution in [0.4, 0.5) is 0 Å². The molecule has 0 saturated carbocycles. The van der Waals surface area contributed by atoms with Crippen LogP contribution in [0.3, 0.4) is 0 Å². The summed E-state index contributed by atoms with van der Waals surface area (Å²) < 4.78 is 5.62. The number of ether oxygens (including phenoxy) is 1. The van der Waals surface area contributed by atoms with E-state index in [2.05, 4.69) is 21.7 Å². The molecule has 112 valence electrons. The van der Waals surface area contributed by atoms with Gasteiger partial charge in [0.2, 0.25) is 0 Å². The smallest absolute Gasteiger partial charge is 0.0805 e. The molecule has 1 aliphatic heterocycles. The summed E-state index contributed by atoms with van der Waals surface area (Å²) in [4.78, 5) is 2.43. The summed E-state index contributed by atoms with van der Waals surface area (Å²) in [6.45, 7) is 3.36. The summed E-state index contributed by atoms with van der Waals surface area (Å²) in [7, 11) is 0. The van der Waals surface area contributed by atoms with Gasteiger partial charge >= 0.3 is 0 Å². The Labute approximate surface area is 129 Å². The molecule has 0 amide bonds. The number of benzene rings is 1. The van der Waals surface area contributed by atoms with E-state index in [1.807, 2.05) is 30.3 Å². The summed E-state index contributed by atoms with van der Waals surface area (Å²) >= 11 is 1.73. The quantitative estimate of drug-likeness (QED) is 0.921. The molecule has 0 aliphatic carbocycles. The largest absolute Gasteiger partial charge is 0.388 e. The van der Waals surface area contributed by atoms with E-state index < -0.39 is 6.10 Å². The first-order valence-corrected chi connectivity index (χ1v) is 8.33. The summed E-state index contributed by atoms with van der Waals surface area (Å²) in [5.74, 6) is 0. The Morgan fingerprint density at radius 2 is 2.14 bits per heavy atom. The molecule has 1 N–H and O–H groups in total. The molecule has 2 heterocycles. The fourth-order valence-electron chi connectivity index (χ4n) is 2.80. The minimum Gasteiger partial charge on any atom is -0.388 e. The normalized spacial score (nSPS) is 21.3. The van der Waals surface area contributed by atoms with E-state index in [-0.39, 0.29) is 6.04 Å². The number of hydrogen-bond acceptors (Lipinski definition) is 4. The molecule has 1 aliphatic rings. The number of aliphatic hydroxyl groups is 1. The van der Waals surface area contributed by atoms with Crippen LogP contribution in [0.15, 0.2) is 47.2 Å². The summed E-state index contributed by atoms with van der Waals surface area (Å²) in [6, 6.07) is 12.3. The molecule has 1 aromatic carbocycles. The van der Waals surface area contributed by atoms with Crippen LogP contribution >= 0.6 is 11.3 Å². The van der Waals surface area contributed by atoms with E-state index in [1.54, 1.807) is 11.3 Å². The molecular formula is C17H21NO2S. The average Bonchev–Trinajstić information content (AvgIpc) is 3.03. The Bertz CT molecular complexity index is 529. The zero-order chi connectivity index (χ0) is 14.5. The van der Waals surface area contributed by atoms with Crippen molar-refractivity contribution in [2.24, 2.45) is 0 Å². The summed E-state index contributed by atoms with van der Waals surface area (Å²) in [5.41, 5.74) is 2.33. The van der Waals surface area contributed by atoms with E-state index >= 15 is 0 Å². The number of morpholine rings is 1. The lowest BCUT2D eigenvalue weighted by molar-refractivity contribution is -0.0299. The van der Waals surface area contributed by atoms with Gasteiger partial charge in [-0.25, -0.2) is 0 Å². The standard InChI is InChI=1S/C17H21NO2S/c19-17(15-4-2-1-3-5-15)10-16-12-20-8-7-18(16)11-14-6-9-21-13-14/h1-6,9,13,16-17,19H,7-8,10-12H2. The van der Waals surface area contributed by atoms with Crippen LogP contribution < -0.4 is 0 Å². The Morgan fingerprint density at radius 3 is 2.90 bits per heavy atom. The van der Waals surface area contributed by atoms with Gasteiger partial charge in [0.25, 0.3) is 0 Å². The number of nitrogens with zero attached hydrogens (tertiary/aromatic N) is 1. The van der Waals surface area contributed by atoms with Gasteiger partial charge in [-0.3, -0.25) is 4.90 Å². The van der Waals surface area contributed by atoms with Crippen molar-refractivity contribution in [3.8, 4) is 0 Å². The van der Waals surface area contributed by atoms with Gasteiger partial charge in [0.05, 0.1) is 19.3 Å². The summed E-state index contributed by atoms with van der Waals surface area (Å²) in [5, 5.41) is 14.7. The van der Waals surface area contributed by atoms with Gasteiger partial charge in [0, 0.05) is 19.1 Å². The van der Waals surface area contributed by atoms with Crippen molar-refractivity contribution in [2.45, 2.75) is 25.1 Å². The molecule has 0 radical (unpaired) electrons. The van der Waals surface area contributed by atoms with E-state index in [4.69, 9.17) is 4.74 Å². The predicted molar refractivity (Wildman–Crippen MR) is 85.4 cm³/mol. The Balaban J connectivity index is 1.64. The van der Waals surface area contributed by atoms with Crippen molar-refractivity contribution in [1.29, 1.82) is 0 Å². The highest BCUT2D eigenvalue weighted by Crippen LogP contribution is 2.24. The van der Waals surface area contributed by atoms with Gasteiger partial charge in [0.1, 0.15) is 0 Å². The highest BCUT2D eigenvalue weighted by atomic mass is 32.1. The van der Waals surface area contributed by atoms with Gasteiger partial charge in [-0.15, -0.1) is 0 Å². The van der Waals surface area contributed by atoms with E-state index in [0.717, 1.165) is 25.3 Å². The van der Waals surface area contributed by atoms with Gasteiger partial charge in [-0.2, -0.15) is 11.3 Å². The molecule has 21 heavy (non-hydrogen) atoms. The van der Waals surface area contributed by atoms with E-state index in [1.165, 1.54) is 5.56 Å². The Morgan fingerprint density at radius 1 is 1.29 bits per heavy atom. The van der Waals surface area contributed by atoms with Crippen molar-refractivity contribution < 1.29 is 9.84 Å². The third kappa shape index (κ3) is 3.92. The van der Waals surface area contributed by atoms with Crippen LogP contribution in [0.5, 0.6) is 0 Å². The Hall–Kier alpha value is -1.20. The van der Waals surface area contributed by atoms with Gasteiger partial charge < -0.3 is 9.84 Å².